The van der Waals surface area contributed by atoms with E-state index >= 15 is 0 Å². The van der Waals surface area contributed by atoms with Crippen molar-refractivity contribution in [3.05, 3.63) is 33.7 Å². The number of aryl methyl sites for hydroxylation is 1. The van der Waals surface area contributed by atoms with Gasteiger partial charge in [-0.25, -0.2) is 0 Å². The summed E-state index contributed by atoms with van der Waals surface area (Å²) < 4.78 is 5.37. The second-order valence-corrected chi connectivity index (χ2v) is 5.34. The van der Waals surface area contributed by atoms with Gasteiger partial charge in [0.1, 0.15) is 5.56 Å². The Morgan fingerprint density at radius 3 is 2.89 bits per heavy atom. The highest BCUT2D eigenvalue weighted by molar-refractivity contribution is 5.94. The zero-order chi connectivity index (χ0) is 12.8. The van der Waals surface area contributed by atoms with E-state index in [-0.39, 0.29) is 22.3 Å². The molecule has 3 rings (SSSR count). The molecule has 0 saturated carbocycles. The predicted octanol–water partition coefficient (Wildman–Crippen LogP) is 0.546. The van der Waals surface area contributed by atoms with E-state index in [1.807, 2.05) is 0 Å². The summed E-state index contributed by atoms with van der Waals surface area (Å²) in [5, 5.41) is 0. The van der Waals surface area contributed by atoms with Crippen molar-refractivity contribution >= 4 is 5.91 Å². The van der Waals surface area contributed by atoms with Crippen LogP contribution in [0.5, 0.6) is 0 Å². The zero-order valence-electron chi connectivity index (χ0n) is 10.4. The van der Waals surface area contributed by atoms with Gasteiger partial charge in [0.05, 0.1) is 6.61 Å². The van der Waals surface area contributed by atoms with E-state index in [2.05, 4.69) is 4.98 Å². The molecule has 1 aromatic rings. The smallest absolute Gasteiger partial charge is 0.259 e. The van der Waals surface area contributed by atoms with Gasteiger partial charge in [-0.2, -0.15) is 0 Å². The van der Waals surface area contributed by atoms with Crippen molar-refractivity contribution in [3.63, 3.8) is 0 Å². The third kappa shape index (κ3) is 1.66. The molecule has 0 aliphatic carbocycles. The summed E-state index contributed by atoms with van der Waals surface area (Å²) in [6.07, 6.45) is 4.12. The monoisotopic (exact) mass is 248 g/mol. The Bertz CT molecular complexity index is 535. The minimum Gasteiger partial charge on any atom is -0.381 e. The Balaban J connectivity index is 1.77. The van der Waals surface area contributed by atoms with Crippen molar-refractivity contribution in [3.8, 4) is 0 Å². The second-order valence-electron chi connectivity index (χ2n) is 5.34. The summed E-state index contributed by atoms with van der Waals surface area (Å²) in [5.74, 6) is -0.169. The van der Waals surface area contributed by atoms with Crippen LogP contribution in [-0.4, -0.2) is 42.1 Å². The maximum absolute atomic E-state index is 12.2. The largest absolute Gasteiger partial charge is 0.381 e. The second kappa shape index (κ2) is 3.95. The van der Waals surface area contributed by atoms with Crippen LogP contribution in [0.2, 0.25) is 0 Å². The van der Waals surface area contributed by atoms with Gasteiger partial charge in [-0.1, -0.05) is 0 Å². The van der Waals surface area contributed by atoms with Crippen LogP contribution in [-0.2, 0) is 4.74 Å². The highest BCUT2D eigenvalue weighted by Crippen LogP contribution is 2.38. The molecule has 0 bridgehead atoms. The highest BCUT2D eigenvalue weighted by Gasteiger charge is 2.48. The standard InChI is InChI=1S/C13H16N2O3/c1-9-4-14-5-10(11(9)16)12(17)15-6-13(7-15)2-3-18-8-13/h4-5H,2-3,6-8H2,1H3,(H,14,16). The molecule has 18 heavy (non-hydrogen) atoms. The number of aromatic nitrogens is 1. The molecule has 2 aliphatic heterocycles. The normalized spacial score (nSPS) is 21.1. The summed E-state index contributed by atoms with van der Waals surface area (Å²) in [7, 11) is 0. The first-order chi connectivity index (χ1) is 8.61. The molecule has 1 amide bonds. The number of H-pyrrole nitrogens is 1. The Morgan fingerprint density at radius 1 is 1.44 bits per heavy atom. The molecule has 5 nitrogen and oxygen atoms in total. The summed E-state index contributed by atoms with van der Waals surface area (Å²) in [6, 6.07) is 0. The van der Waals surface area contributed by atoms with E-state index in [1.54, 1.807) is 18.0 Å². The minimum atomic E-state index is -0.178. The van der Waals surface area contributed by atoms with Gasteiger partial charge in [-0.15, -0.1) is 0 Å². The van der Waals surface area contributed by atoms with Gasteiger partial charge in [0.25, 0.3) is 5.91 Å². The van der Waals surface area contributed by atoms with Gasteiger partial charge >= 0.3 is 0 Å². The van der Waals surface area contributed by atoms with E-state index in [1.165, 1.54) is 6.20 Å². The maximum Gasteiger partial charge on any atom is 0.259 e. The van der Waals surface area contributed by atoms with Crippen molar-refractivity contribution in [1.82, 2.24) is 9.88 Å². The predicted molar refractivity (Wildman–Crippen MR) is 65.6 cm³/mol. The molecule has 1 aromatic heterocycles. The molecule has 5 heteroatoms. The number of pyridine rings is 1. The molecule has 1 spiro atoms. The molecule has 2 aliphatic rings. The van der Waals surface area contributed by atoms with E-state index in [0.717, 1.165) is 19.6 Å². The lowest BCUT2D eigenvalue weighted by atomic mass is 9.79. The van der Waals surface area contributed by atoms with Crippen LogP contribution in [0, 0.1) is 12.3 Å². The topological polar surface area (TPSA) is 62.4 Å². The molecule has 2 saturated heterocycles. The van der Waals surface area contributed by atoms with Crippen LogP contribution in [0.3, 0.4) is 0 Å². The van der Waals surface area contributed by atoms with Crippen molar-refractivity contribution in [2.24, 2.45) is 5.41 Å². The Morgan fingerprint density at radius 2 is 2.22 bits per heavy atom. The number of likely N-dealkylation sites (tertiary alicyclic amines) is 1. The van der Waals surface area contributed by atoms with Crippen molar-refractivity contribution < 1.29 is 9.53 Å². The van der Waals surface area contributed by atoms with E-state index < -0.39 is 0 Å². The number of carbonyl (C=O) groups excluding carboxylic acids is 1. The van der Waals surface area contributed by atoms with E-state index in [4.69, 9.17) is 4.74 Å². The Hall–Kier alpha value is -1.62. The molecule has 0 radical (unpaired) electrons. The highest BCUT2D eigenvalue weighted by atomic mass is 16.5. The number of rotatable bonds is 1. The number of nitrogens with one attached hydrogen (secondary N) is 1. The molecular formula is C13H16N2O3. The molecule has 96 valence electrons. The van der Waals surface area contributed by atoms with Crippen LogP contribution in [0.1, 0.15) is 22.3 Å². The van der Waals surface area contributed by atoms with Crippen LogP contribution >= 0.6 is 0 Å². The number of nitrogens with zero attached hydrogens (tertiary/aromatic N) is 1. The number of carbonyl (C=O) groups is 1. The lowest BCUT2D eigenvalue weighted by Gasteiger charge is -2.47. The van der Waals surface area contributed by atoms with Crippen molar-refractivity contribution in [2.75, 3.05) is 26.3 Å². The van der Waals surface area contributed by atoms with Gasteiger partial charge < -0.3 is 14.6 Å². The molecular weight excluding hydrogens is 232 g/mol. The average Bonchev–Trinajstić information content (AvgIpc) is 2.79. The van der Waals surface area contributed by atoms with Crippen molar-refractivity contribution in [2.45, 2.75) is 13.3 Å². The summed E-state index contributed by atoms with van der Waals surface area (Å²) in [4.78, 5) is 28.7. The van der Waals surface area contributed by atoms with Crippen LogP contribution in [0.15, 0.2) is 17.2 Å². The maximum atomic E-state index is 12.2. The first-order valence-electron chi connectivity index (χ1n) is 6.16. The van der Waals surface area contributed by atoms with Gasteiger partial charge in [0, 0.05) is 43.1 Å². The Labute approximate surface area is 105 Å². The average molecular weight is 248 g/mol. The fraction of sp³-hybridized carbons (Fsp3) is 0.538. The van der Waals surface area contributed by atoms with Gasteiger partial charge in [-0.3, -0.25) is 9.59 Å². The fourth-order valence-electron chi connectivity index (χ4n) is 2.73. The van der Waals surface area contributed by atoms with Crippen LogP contribution in [0.4, 0.5) is 0 Å². The van der Waals surface area contributed by atoms with Gasteiger partial charge in [-0.05, 0) is 13.3 Å². The summed E-state index contributed by atoms with van der Waals surface area (Å²) in [5.41, 5.74) is 0.790. The van der Waals surface area contributed by atoms with Gasteiger partial charge in [0.15, 0.2) is 5.43 Å². The van der Waals surface area contributed by atoms with E-state index in [0.29, 0.717) is 18.7 Å². The first kappa shape index (κ1) is 11.5. The quantitative estimate of drug-likeness (QED) is 0.789. The van der Waals surface area contributed by atoms with Gasteiger partial charge in [0.2, 0.25) is 0 Å². The lowest BCUT2D eigenvalue weighted by Crippen LogP contribution is -2.59. The third-order valence-corrected chi connectivity index (χ3v) is 3.89. The molecule has 3 heterocycles. The summed E-state index contributed by atoms with van der Waals surface area (Å²) >= 11 is 0. The minimum absolute atomic E-state index is 0.159. The third-order valence-electron chi connectivity index (χ3n) is 3.89. The molecule has 1 N–H and O–H groups in total. The summed E-state index contributed by atoms with van der Waals surface area (Å²) in [6.45, 7) is 4.64. The number of ether oxygens (including phenoxy) is 1. The number of hydrogen-bond acceptors (Lipinski definition) is 3. The fourth-order valence-corrected chi connectivity index (χ4v) is 2.73. The van der Waals surface area contributed by atoms with E-state index in [9.17, 15) is 9.59 Å². The van der Waals surface area contributed by atoms with Crippen molar-refractivity contribution in [1.29, 1.82) is 0 Å². The first-order valence-corrected chi connectivity index (χ1v) is 6.16. The zero-order valence-corrected chi connectivity index (χ0v) is 10.4. The Kier molecular flexibility index (Phi) is 2.52. The molecule has 0 atom stereocenters. The molecule has 0 aromatic carbocycles. The lowest BCUT2D eigenvalue weighted by molar-refractivity contribution is 0.000236. The van der Waals surface area contributed by atoms with Crippen LogP contribution in [0.25, 0.3) is 0 Å². The molecule has 0 unspecified atom stereocenters. The SMILES string of the molecule is Cc1c[nH]cc(C(=O)N2CC3(CCOC3)C2)c1=O. The number of aromatic amines is 1. The molecule has 2 fully saturated rings. The number of amides is 1. The number of hydrogen-bond donors (Lipinski definition) is 1. The van der Waals surface area contributed by atoms with Crippen LogP contribution < -0.4 is 5.43 Å².